The van der Waals surface area contributed by atoms with E-state index in [1.165, 1.54) is 5.56 Å². The largest absolute Gasteiger partial charge is 0.310 e. The Morgan fingerprint density at radius 2 is 1.86 bits per heavy atom. The Labute approximate surface area is 188 Å². The molecule has 2 aromatic rings. The van der Waals surface area contributed by atoms with Crippen LogP contribution in [0, 0.1) is 6.92 Å². The Bertz CT molecular complexity index is 849. The van der Waals surface area contributed by atoms with Gasteiger partial charge in [-0.1, -0.05) is 19.9 Å². The van der Waals surface area contributed by atoms with Gasteiger partial charge in [0.1, 0.15) is 5.78 Å². The molecule has 0 atom stereocenters. The molecule has 5 nitrogen and oxygen atoms in total. The standard InChI is InChI=1S/C22H29BrN4O.ClH/c1-5-27(21-7-6-17(15(2)3)13-20(21)23)22-24-16(4)12-18(25-22)14-26-10-8-19(28)9-11-26;/h6-7,12-13,15H,5,8-11,14H2,1-4H3;1H. The summed E-state index contributed by atoms with van der Waals surface area (Å²) in [6, 6.07) is 8.55. The summed E-state index contributed by atoms with van der Waals surface area (Å²) in [5, 5.41) is 0. The van der Waals surface area contributed by atoms with Crippen LogP contribution in [0.15, 0.2) is 28.7 Å². The lowest BCUT2D eigenvalue weighted by Crippen LogP contribution is -2.33. The number of aryl methyl sites for hydroxylation is 1. The zero-order chi connectivity index (χ0) is 20.3. The molecule has 1 fully saturated rings. The number of rotatable bonds is 6. The summed E-state index contributed by atoms with van der Waals surface area (Å²) >= 11 is 3.74. The third-order valence-electron chi connectivity index (χ3n) is 5.18. The molecule has 0 spiro atoms. The molecule has 1 aromatic carbocycles. The molecule has 1 aliphatic rings. The van der Waals surface area contributed by atoms with Crippen LogP contribution in [0.3, 0.4) is 0 Å². The highest BCUT2D eigenvalue weighted by molar-refractivity contribution is 9.10. The molecule has 3 rings (SSSR count). The molecule has 0 amide bonds. The first kappa shape index (κ1) is 23.8. The van der Waals surface area contributed by atoms with Gasteiger partial charge in [-0.25, -0.2) is 9.97 Å². The number of carbonyl (C=O) groups is 1. The lowest BCUT2D eigenvalue weighted by molar-refractivity contribution is -0.121. The number of nitrogens with zero attached hydrogens (tertiary/aromatic N) is 4. The van der Waals surface area contributed by atoms with Crippen LogP contribution < -0.4 is 4.90 Å². The quantitative estimate of drug-likeness (QED) is 0.552. The van der Waals surface area contributed by atoms with Crippen molar-refractivity contribution in [2.75, 3.05) is 24.5 Å². The summed E-state index contributed by atoms with van der Waals surface area (Å²) < 4.78 is 1.06. The van der Waals surface area contributed by atoms with Gasteiger partial charge in [-0.05, 0) is 59.5 Å². The summed E-state index contributed by atoms with van der Waals surface area (Å²) in [6.07, 6.45) is 1.29. The van der Waals surface area contributed by atoms with Crippen LogP contribution in [0.1, 0.15) is 56.5 Å². The molecule has 1 saturated heterocycles. The maximum absolute atomic E-state index is 11.5. The van der Waals surface area contributed by atoms with E-state index in [9.17, 15) is 4.79 Å². The van der Waals surface area contributed by atoms with E-state index in [2.05, 4.69) is 64.7 Å². The van der Waals surface area contributed by atoms with Crippen LogP contribution >= 0.6 is 28.3 Å². The lowest BCUT2D eigenvalue weighted by atomic mass is 10.0. The molecule has 0 saturated carbocycles. The molecule has 0 aliphatic carbocycles. The molecule has 7 heteroatoms. The van der Waals surface area contributed by atoms with Crippen molar-refractivity contribution in [3.63, 3.8) is 0 Å². The fourth-order valence-corrected chi connectivity index (χ4v) is 4.14. The average molecular weight is 482 g/mol. The Balaban J connectivity index is 0.00000300. The van der Waals surface area contributed by atoms with E-state index in [0.717, 1.165) is 53.7 Å². The predicted molar refractivity (Wildman–Crippen MR) is 124 cm³/mol. The predicted octanol–water partition coefficient (Wildman–Crippen LogP) is 5.42. The number of halogens is 2. The highest BCUT2D eigenvalue weighted by atomic mass is 79.9. The summed E-state index contributed by atoms with van der Waals surface area (Å²) in [7, 11) is 0. The zero-order valence-corrected chi connectivity index (χ0v) is 20.0. The molecular formula is C22H30BrClN4O. The topological polar surface area (TPSA) is 49.3 Å². The van der Waals surface area contributed by atoms with E-state index in [-0.39, 0.29) is 12.4 Å². The van der Waals surface area contributed by atoms with E-state index in [1.807, 2.05) is 13.0 Å². The minimum absolute atomic E-state index is 0. The van der Waals surface area contributed by atoms with Crippen LogP contribution in [0.2, 0.25) is 0 Å². The molecule has 2 heterocycles. The molecule has 29 heavy (non-hydrogen) atoms. The first-order valence-corrected chi connectivity index (χ1v) is 10.8. The van der Waals surface area contributed by atoms with Gasteiger partial charge in [-0.3, -0.25) is 9.69 Å². The average Bonchev–Trinajstić information content (AvgIpc) is 2.65. The van der Waals surface area contributed by atoms with Gasteiger partial charge >= 0.3 is 0 Å². The van der Waals surface area contributed by atoms with E-state index in [4.69, 9.17) is 9.97 Å². The fourth-order valence-electron chi connectivity index (χ4n) is 3.53. The van der Waals surface area contributed by atoms with Crippen LogP contribution in [-0.4, -0.2) is 40.3 Å². The molecule has 0 N–H and O–H groups in total. The van der Waals surface area contributed by atoms with Gasteiger partial charge in [-0.15, -0.1) is 12.4 Å². The van der Waals surface area contributed by atoms with E-state index in [0.29, 0.717) is 24.5 Å². The van der Waals surface area contributed by atoms with Crippen LogP contribution in [0.25, 0.3) is 0 Å². The number of hydrogen-bond acceptors (Lipinski definition) is 5. The summed E-state index contributed by atoms with van der Waals surface area (Å²) in [6.45, 7) is 11.7. The van der Waals surface area contributed by atoms with Crippen molar-refractivity contribution in [2.24, 2.45) is 0 Å². The monoisotopic (exact) mass is 480 g/mol. The molecule has 1 aromatic heterocycles. The van der Waals surface area contributed by atoms with E-state index >= 15 is 0 Å². The normalized spacial score (nSPS) is 14.8. The maximum atomic E-state index is 11.5. The van der Waals surface area contributed by atoms with Crippen molar-refractivity contribution in [2.45, 2.75) is 53.0 Å². The van der Waals surface area contributed by atoms with Gasteiger partial charge < -0.3 is 4.90 Å². The molecule has 1 aliphatic heterocycles. The van der Waals surface area contributed by atoms with Crippen molar-refractivity contribution in [3.8, 4) is 0 Å². The van der Waals surface area contributed by atoms with E-state index in [1.54, 1.807) is 0 Å². The van der Waals surface area contributed by atoms with Crippen LogP contribution in [0.4, 0.5) is 11.6 Å². The number of Topliss-reactive ketones (excluding diaryl/α,β-unsaturated/α-hetero) is 1. The lowest BCUT2D eigenvalue weighted by Gasteiger charge is -2.27. The van der Waals surface area contributed by atoms with Crippen molar-refractivity contribution in [3.05, 3.63) is 45.7 Å². The highest BCUT2D eigenvalue weighted by Gasteiger charge is 2.19. The van der Waals surface area contributed by atoms with Gasteiger partial charge in [0.05, 0.1) is 11.4 Å². The van der Waals surface area contributed by atoms with Gasteiger partial charge in [0, 0.05) is 49.2 Å². The number of carbonyl (C=O) groups excluding carboxylic acids is 1. The smallest absolute Gasteiger partial charge is 0.230 e. The van der Waals surface area contributed by atoms with Crippen molar-refractivity contribution < 1.29 is 4.79 Å². The number of hydrogen-bond donors (Lipinski definition) is 0. The summed E-state index contributed by atoms with van der Waals surface area (Å²) in [5.74, 6) is 1.57. The Hall–Kier alpha value is -1.50. The minimum atomic E-state index is 0. The van der Waals surface area contributed by atoms with Crippen molar-refractivity contribution >= 4 is 45.8 Å². The summed E-state index contributed by atoms with van der Waals surface area (Å²) in [4.78, 5) is 25.5. The number of benzene rings is 1. The van der Waals surface area contributed by atoms with Gasteiger partial charge in [0.2, 0.25) is 5.95 Å². The Morgan fingerprint density at radius 3 is 2.45 bits per heavy atom. The molecule has 0 unspecified atom stereocenters. The molecule has 0 radical (unpaired) electrons. The van der Waals surface area contributed by atoms with Crippen molar-refractivity contribution in [1.82, 2.24) is 14.9 Å². The van der Waals surface area contributed by atoms with Gasteiger partial charge in [-0.2, -0.15) is 0 Å². The maximum Gasteiger partial charge on any atom is 0.230 e. The first-order chi connectivity index (χ1) is 13.4. The van der Waals surface area contributed by atoms with Gasteiger partial charge in [0.25, 0.3) is 0 Å². The SMILES string of the molecule is CCN(c1nc(C)cc(CN2CCC(=O)CC2)n1)c1ccc(C(C)C)cc1Br.Cl. The molecule has 0 bridgehead atoms. The molecular weight excluding hydrogens is 452 g/mol. The number of likely N-dealkylation sites (tertiary alicyclic amines) is 1. The highest BCUT2D eigenvalue weighted by Crippen LogP contribution is 2.33. The Morgan fingerprint density at radius 1 is 1.17 bits per heavy atom. The fraction of sp³-hybridized carbons (Fsp3) is 0.500. The number of aromatic nitrogens is 2. The number of ketones is 1. The second-order valence-electron chi connectivity index (χ2n) is 7.73. The zero-order valence-electron chi connectivity index (χ0n) is 17.6. The third kappa shape index (κ3) is 6.00. The second kappa shape index (κ2) is 10.5. The van der Waals surface area contributed by atoms with Crippen LogP contribution in [0.5, 0.6) is 0 Å². The van der Waals surface area contributed by atoms with Gasteiger partial charge in [0.15, 0.2) is 0 Å². The molecule has 158 valence electrons. The third-order valence-corrected chi connectivity index (χ3v) is 5.82. The Kier molecular flexibility index (Phi) is 8.61. The van der Waals surface area contributed by atoms with Crippen LogP contribution in [-0.2, 0) is 11.3 Å². The van der Waals surface area contributed by atoms with E-state index < -0.39 is 0 Å². The second-order valence-corrected chi connectivity index (χ2v) is 8.58. The minimum Gasteiger partial charge on any atom is -0.310 e. The van der Waals surface area contributed by atoms with Crippen molar-refractivity contribution in [1.29, 1.82) is 0 Å². The number of anilines is 2. The number of piperidine rings is 1. The summed E-state index contributed by atoms with van der Waals surface area (Å²) in [5.41, 5.74) is 4.34. The first-order valence-electron chi connectivity index (χ1n) is 10.0.